The van der Waals surface area contributed by atoms with Gasteiger partial charge in [-0.15, -0.1) is 0 Å². The van der Waals surface area contributed by atoms with Crippen LogP contribution in [0.1, 0.15) is 103 Å². The van der Waals surface area contributed by atoms with Crippen LogP contribution in [0.2, 0.25) is 0 Å². The van der Waals surface area contributed by atoms with E-state index in [1.54, 1.807) is 0 Å². The van der Waals surface area contributed by atoms with Gasteiger partial charge in [0.15, 0.2) is 0 Å². The predicted octanol–water partition coefficient (Wildman–Crippen LogP) is -8.69. The number of halogens is 6. The third-order valence-electron chi connectivity index (χ3n) is 14.1. The standard InChI is InChI=1S/C62H78N6O16.6FH.Sb/c69-55(70)9-1-37-63(38-2-10-56(71)72)45-17-25-49(26-18-45)67(50-27-19-46(20-28-50)64(39-3-11-57(73)74)40-4-12-58(75)76)53-33-35-54(36-34-53)68(51-29-21-47(22-30-51)65(41-5-13-59(77)78)42-6-14-60(79)80)52-31-23-48(24-32-52)66(43-7-15-61(81)82)44-8-16-62(83)84;;;;;;;/h17-36,53-54H,1-16,37-44H2,(H,69,70)(H,71,72)(H,73,74)(H,75,76)(H,77,78)(H,79,80)(H,81,82)(H,83,84);6*1H;/p-6. The van der Waals surface area contributed by atoms with Crippen LogP contribution in [0.25, 0.3) is 0 Å². The molecule has 0 atom stereocenters. The fourth-order valence-electron chi connectivity index (χ4n) is 10.1. The Hall–Kier alpha value is -8.68. The van der Waals surface area contributed by atoms with Crippen LogP contribution in [0, 0.1) is 0 Å². The number of rotatable bonds is 42. The molecular formula is C62H78F6N6O16Sb-6. The molecule has 4 aromatic rings. The molecule has 91 heavy (non-hydrogen) atoms. The van der Waals surface area contributed by atoms with Crippen LogP contribution in [0.15, 0.2) is 121 Å². The quantitative estimate of drug-likeness (QED) is 0.0116. The topological polar surface area (TPSA) is 318 Å². The summed E-state index contributed by atoms with van der Waals surface area (Å²) in [6.45, 7) is 3.10. The Morgan fingerprint density at radius 2 is 0.363 bits per heavy atom. The van der Waals surface area contributed by atoms with Crippen LogP contribution in [0.5, 0.6) is 0 Å². The normalized spacial score (nSPS) is 12.4. The molecule has 0 bridgehead atoms. The van der Waals surface area contributed by atoms with Gasteiger partial charge in [0.1, 0.15) is 0 Å². The number of carboxylic acids is 8. The molecule has 3 radical (unpaired) electrons. The van der Waals surface area contributed by atoms with Crippen LogP contribution < -0.4 is 57.6 Å². The van der Waals surface area contributed by atoms with Crippen LogP contribution in [-0.4, -0.2) is 177 Å². The van der Waals surface area contributed by atoms with Crippen molar-refractivity contribution in [3.8, 4) is 0 Å². The van der Waals surface area contributed by atoms with Gasteiger partial charge in [-0.1, -0.05) is 24.3 Å². The summed E-state index contributed by atoms with van der Waals surface area (Å²) >= 11 is 0. The third-order valence-corrected chi connectivity index (χ3v) is 14.1. The zero-order valence-corrected chi connectivity index (χ0v) is 52.5. The Labute approximate surface area is 540 Å². The minimum absolute atomic E-state index is 0. The first-order valence-electron chi connectivity index (χ1n) is 28.4. The third kappa shape index (κ3) is 30.6. The molecule has 22 nitrogen and oxygen atoms in total. The molecule has 1 aliphatic rings. The maximum Gasteiger partial charge on any atom is 0.303 e. The van der Waals surface area contributed by atoms with Gasteiger partial charge in [0.2, 0.25) is 0 Å². The number of nitrogens with zero attached hydrogens (tertiary/aromatic N) is 6. The van der Waals surface area contributed by atoms with Crippen molar-refractivity contribution in [3.63, 3.8) is 0 Å². The second-order valence-corrected chi connectivity index (χ2v) is 20.5. The van der Waals surface area contributed by atoms with E-state index in [1.165, 1.54) is 0 Å². The van der Waals surface area contributed by atoms with Crippen molar-refractivity contribution in [2.45, 2.75) is 115 Å². The molecule has 1 aliphatic carbocycles. The van der Waals surface area contributed by atoms with Crippen LogP contribution in [0.4, 0.5) is 45.5 Å². The Morgan fingerprint density at radius 3 is 0.484 bits per heavy atom. The van der Waals surface area contributed by atoms with Crippen LogP contribution in [0.3, 0.4) is 0 Å². The molecule has 0 saturated heterocycles. The van der Waals surface area contributed by atoms with Gasteiger partial charge in [0.05, 0.1) is 12.1 Å². The van der Waals surface area contributed by atoms with E-state index in [0.717, 1.165) is 45.5 Å². The minimum Gasteiger partial charge on any atom is -1.00 e. The van der Waals surface area contributed by atoms with E-state index in [2.05, 4.69) is 34.1 Å². The summed E-state index contributed by atoms with van der Waals surface area (Å²) in [7, 11) is 0. The fraction of sp³-hybridized carbons (Fsp3) is 0.419. The molecule has 0 fully saturated rings. The largest absolute Gasteiger partial charge is 1.00 e. The monoisotopic (exact) mass is 1400 g/mol. The molecule has 0 unspecified atom stereocenters. The molecule has 29 heteroatoms. The molecule has 8 N–H and O–H groups in total. The summed E-state index contributed by atoms with van der Waals surface area (Å²) in [5.74, 6) is -7.48. The van der Waals surface area contributed by atoms with E-state index in [0.29, 0.717) is 104 Å². The second kappa shape index (κ2) is 45.5. The van der Waals surface area contributed by atoms with Gasteiger partial charge in [-0.3, -0.25) is 38.4 Å². The first-order chi connectivity index (χ1) is 40.3. The van der Waals surface area contributed by atoms with Crippen LogP contribution in [-0.2, 0) is 38.4 Å². The van der Waals surface area contributed by atoms with Gasteiger partial charge in [0, 0.05) is 174 Å². The summed E-state index contributed by atoms with van der Waals surface area (Å²) in [4.78, 5) is 104. The molecule has 505 valence electrons. The Kier molecular flexibility index (Phi) is 43.3. The Bertz CT molecular complexity index is 2430. The predicted molar refractivity (Wildman–Crippen MR) is 325 cm³/mol. The van der Waals surface area contributed by atoms with E-state index >= 15 is 0 Å². The van der Waals surface area contributed by atoms with Crippen molar-refractivity contribution in [2.24, 2.45) is 0 Å². The SMILES string of the molecule is O=C(O)CCCN(CCCC(=O)O)c1ccc(N(c2ccc(N(CCCC(=O)O)CCCC(=O)O)cc2)C2C=CC(N(c3ccc(N(CCCC(=O)O)CCCC(=O)O)cc3)c3ccc(N(CCCC(=O)O)CCCC(=O)O)cc3)C=C2)cc1.[F-].[F-].[F-].[F-].[F-].[F-].[Sb]. The van der Waals surface area contributed by atoms with Crippen molar-refractivity contribution in [1.29, 1.82) is 0 Å². The number of carbonyl (C=O) groups is 8. The summed E-state index contributed by atoms with van der Waals surface area (Å²) in [6.07, 6.45) is 10.6. The molecule has 0 aliphatic heterocycles. The van der Waals surface area contributed by atoms with Crippen molar-refractivity contribution in [2.75, 3.05) is 81.8 Å². The van der Waals surface area contributed by atoms with E-state index < -0.39 is 59.8 Å². The summed E-state index contributed by atoms with van der Waals surface area (Å²) in [5.41, 5.74) is 6.20. The number of hydrogen-bond donors (Lipinski definition) is 8. The maximum atomic E-state index is 11.5. The van der Waals surface area contributed by atoms with Gasteiger partial charge in [-0.25, -0.2) is 0 Å². The van der Waals surface area contributed by atoms with Gasteiger partial charge >= 0.3 is 47.8 Å². The zero-order chi connectivity index (χ0) is 61.0. The average molecular weight is 1400 g/mol. The van der Waals surface area contributed by atoms with Crippen LogP contribution >= 0.6 is 0 Å². The van der Waals surface area contributed by atoms with E-state index in [1.807, 2.05) is 117 Å². The summed E-state index contributed by atoms with van der Waals surface area (Å²) < 4.78 is 0. The average Bonchev–Trinajstić information content (AvgIpc) is 1.01. The molecular weight excluding hydrogens is 1320 g/mol. The fourth-order valence-corrected chi connectivity index (χ4v) is 10.1. The Balaban J connectivity index is -0.0000111. The molecule has 0 saturated carbocycles. The van der Waals surface area contributed by atoms with E-state index in [-0.39, 0.29) is 104 Å². The van der Waals surface area contributed by atoms with E-state index in [9.17, 15) is 79.2 Å². The van der Waals surface area contributed by atoms with Gasteiger partial charge < -0.3 is 98.5 Å². The summed E-state index contributed by atoms with van der Waals surface area (Å²) in [5, 5.41) is 75.1. The Morgan fingerprint density at radius 1 is 0.242 bits per heavy atom. The number of carboxylic acid groups (broad SMARTS) is 8. The van der Waals surface area contributed by atoms with Crippen molar-refractivity contribution >= 4 is 118 Å². The first kappa shape index (κ1) is 86.5. The zero-order valence-electron chi connectivity index (χ0n) is 49.9. The number of benzene rings is 4. The van der Waals surface area contributed by atoms with Crippen molar-refractivity contribution < 1.29 is 107 Å². The van der Waals surface area contributed by atoms with Crippen molar-refractivity contribution in [3.05, 3.63) is 121 Å². The minimum atomic E-state index is -0.935. The number of hydrogen-bond acceptors (Lipinski definition) is 14. The molecule has 0 heterocycles. The molecule has 0 aromatic heterocycles. The number of aliphatic carboxylic acids is 8. The van der Waals surface area contributed by atoms with Gasteiger partial charge in [0.25, 0.3) is 0 Å². The number of anilines is 8. The van der Waals surface area contributed by atoms with Gasteiger partial charge in [-0.2, -0.15) is 0 Å². The molecule has 4 aromatic carbocycles. The second-order valence-electron chi connectivity index (χ2n) is 20.5. The smallest absolute Gasteiger partial charge is 0.303 e. The molecule has 0 amide bonds. The van der Waals surface area contributed by atoms with Gasteiger partial charge in [-0.05, 0) is 148 Å². The van der Waals surface area contributed by atoms with E-state index in [4.69, 9.17) is 0 Å². The maximum absolute atomic E-state index is 11.5. The molecule has 5 rings (SSSR count). The first-order valence-corrected chi connectivity index (χ1v) is 28.4. The summed E-state index contributed by atoms with van der Waals surface area (Å²) in [6, 6.07) is 30.1. The van der Waals surface area contributed by atoms with Crippen molar-refractivity contribution in [1.82, 2.24) is 0 Å². The molecule has 0 spiro atoms.